The van der Waals surface area contributed by atoms with E-state index in [2.05, 4.69) is 10.3 Å². The Balaban J connectivity index is 1.77. The fraction of sp³-hybridized carbons (Fsp3) is 0.379. The third-order valence-corrected chi connectivity index (χ3v) is 8.25. The van der Waals surface area contributed by atoms with Gasteiger partial charge in [0.15, 0.2) is 5.13 Å². The van der Waals surface area contributed by atoms with Crippen molar-refractivity contribution in [3.05, 3.63) is 74.2 Å². The van der Waals surface area contributed by atoms with Gasteiger partial charge in [-0.05, 0) is 55.7 Å². The molecule has 1 aliphatic rings. The number of benzene rings is 2. The molecule has 3 aromatic rings. The van der Waals surface area contributed by atoms with Crippen LogP contribution in [0.15, 0.2) is 36.4 Å². The Labute approximate surface area is 241 Å². The maximum atomic E-state index is 14.1. The number of carbonyl (C=O) groups excluding carboxylic acids is 2. The summed E-state index contributed by atoms with van der Waals surface area (Å²) in [6.07, 6.45) is -2.23. The van der Waals surface area contributed by atoms with E-state index < -0.39 is 35.4 Å². The average Bonchev–Trinajstić information content (AvgIpc) is 3.22. The molecule has 0 saturated heterocycles. The molecule has 1 aromatic heterocycles. The summed E-state index contributed by atoms with van der Waals surface area (Å²) in [6.45, 7) is 9.21. The second kappa shape index (κ2) is 11.7. The Morgan fingerprint density at radius 2 is 1.90 bits per heavy atom. The lowest BCUT2D eigenvalue weighted by Gasteiger charge is -2.32. The van der Waals surface area contributed by atoms with E-state index in [1.807, 2.05) is 45.9 Å². The second-order valence-corrected chi connectivity index (χ2v) is 12.2. The van der Waals surface area contributed by atoms with Gasteiger partial charge in [-0.1, -0.05) is 55.0 Å². The molecule has 212 valence electrons. The van der Waals surface area contributed by atoms with Crippen LogP contribution < -0.4 is 10.2 Å². The number of fused-ring (bicyclic) bond motifs is 1. The van der Waals surface area contributed by atoms with Gasteiger partial charge in [-0.15, -0.1) is 0 Å². The summed E-state index contributed by atoms with van der Waals surface area (Å²) in [5, 5.41) is 22.5. The van der Waals surface area contributed by atoms with E-state index in [-0.39, 0.29) is 35.3 Å². The van der Waals surface area contributed by atoms with Crippen molar-refractivity contribution in [2.45, 2.75) is 53.2 Å². The van der Waals surface area contributed by atoms with Crippen molar-refractivity contribution < 1.29 is 29.3 Å². The number of nitrogens with one attached hydrogen (secondary N) is 1. The van der Waals surface area contributed by atoms with Crippen LogP contribution in [0.5, 0.6) is 0 Å². The number of aromatic carboxylic acids is 1. The molecule has 1 aliphatic heterocycles. The molecule has 2 atom stereocenters. The topological polar surface area (TPSA) is 129 Å². The predicted octanol–water partition coefficient (Wildman–Crippen LogP) is 5.29. The van der Waals surface area contributed by atoms with Crippen molar-refractivity contribution >= 4 is 51.5 Å². The third kappa shape index (κ3) is 6.20. The van der Waals surface area contributed by atoms with Gasteiger partial charge >= 0.3 is 5.97 Å². The number of anilines is 2. The normalized spacial score (nSPS) is 17.4. The minimum Gasteiger partial charge on any atom is -0.477 e. The van der Waals surface area contributed by atoms with Crippen molar-refractivity contribution in [1.82, 2.24) is 4.98 Å². The van der Waals surface area contributed by atoms with Gasteiger partial charge in [0.05, 0.1) is 12.1 Å². The zero-order chi connectivity index (χ0) is 29.4. The van der Waals surface area contributed by atoms with Crippen LogP contribution >= 0.6 is 22.9 Å². The molecule has 2 heterocycles. The maximum absolute atomic E-state index is 14.1. The fourth-order valence-electron chi connectivity index (χ4n) is 4.63. The molecule has 9 nitrogen and oxygen atoms in total. The molecule has 0 bridgehead atoms. The molecule has 0 saturated carbocycles. The van der Waals surface area contributed by atoms with E-state index in [0.717, 1.165) is 28.0 Å². The van der Waals surface area contributed by atoms with Gasteiger partial charge in [-0.3, -0.25) is 9.59 Å². The smallest absolute Gasteiger partial charge is 0.347 e. The summed E-state index contributed by atoms with van der Waals surface area (Å²) in [6, 6.07) is 11.1. The number of nitrogens with zero attached hydrogens (tertiary/aromatic N) is 2. The highest BCUT2D eigenvalue weighted by atomic mass is 35.5. The van der Waals surface area contributed by atoms with Gasteiger partial charge in [0.2, 0.25) is 5.91 Å². The van der Waals surface area contributed by atoms with E-state index in [1.54, 1.807) is 30.0 Å². The molecule has 0 spiro atoms. The van der Waals surface area contributed by atoms with Crippen LogP contribution in [-0.4, -0.2) is 52.2 Å². The number of aliphatic hydroxyl groups is 1. The monoisotopic (exact) mass is 585 g/mol. The Morgan fingerprint density at radius 1 is 1.18 bits per heavy atom. The first-order valence-electron chi connectivity index (χ1n) is 12.7. The van der Waals surface area contributed by atoms with Gasteiger partial charge in [-0.25, -0.2) is 9.78 Å². The number of thiazole rings is 1. The summed E-state index contributed by atoms with van der Waals surface area (Å²) < 4.78 is 6.50. The van der Waals surface area contributed by atoms with Crippen molar-refractivity contribution in [3.63, 3.8) is 0 Å². The molecule has 0 radical (unpaired) electrons. The predicted molar refractivity (Wildman–Crippen MR) is 154 cm³/mol. The van der Waals surface area contributed by atoms with Crippen LogP contribution in [0.25, 0.3) is 0 Å². The van der Waals surface area contributed by atoms with Crippen LogP contribution in [0.4, 0.5) is 10.8 Å². The number of hydrogen-bond donors (Lipinski definition) is 3. The Hall–Kier alpha value is -3.31. The summed E-state index contributed by atoms with van der Waals surface area (Å²) in [5.74, 6) is -2.11. The second-order valence-electron chi connectivity index (χ2n) is 10.7. The van der Waals surface area contributed by atoms with Crippen LogP contribution in [0.1, 0.15) is 64.0 Å². The number of rotatable bonds is 8. The van der Waals surface area contributed by atoms with Crippen LogP contribution in [0, 0.1) is 26.2 Å². The van der Waals surface area contributed by atoms with E-state index in [0.29, 0.717) is 16.3 Å². The molecule has 0 fully saturated rings. The fourth-order valence-corrected chi connectivity index (χ4v) is 5.63. The Morgan fingerprint density at radius 3 is 2.55 bits per heavy atom. The first kappa shape index (κ1) is 29.7. The lowest BCUT2D eigenvalue weighted by molar-refractivity contribution is -0.136. The molecular weight excluding hydrogens is 554 g/mol. The maximum Gasteiger partial charge on any atom is 0.347 e. The molecule has 2 amide bonds. The van der Waals surface area contributed by atoms with Gasteiger partial charge in [0.1, 0.15) is 17.1 Å². The van der Waals surface area contributed by atoms with E-state index >= 15 is 0 Å². The highest BCUT2D eigenvalue weighted by Crippen LogP contribution is 2.42. The van der Waals surface area contributed by atoms with Crippen molar-refractivity contribution in [3.8, 4) is 0 Å². The lowest BCUT2D eigenvalue weighted by atomic mass is 9.91. The number of ether oxygens (including phenoxy) is 1. The van der Waals surface area contributed by atoms with Gasteiger partial charge in [0.25, 0.3) is 5.91 Å². The lowest BCUT2D eigenvalue weighted by Crippen LogP contribution is -2.46. The van der Waals surface area contributed by atoms with Gasteiger partial charge in [-0.2, -0.15) is 0 Å². The first-order valence-corrected chi connectivity index (χ1v) is 13.9. The standard InChI is InChI=1S/C29H32ClN3O6S/c1-15-7-6-8-19(16(15)2)24-20-11-18(30)9-10-21(20)33(13-29(4,5)14-34)26(36)22(39-24)12-23(35)32-28-31-17(3)25(40-28)27(37)38/h6-11,22,24,34H,12-14H2,1-5H3,(H,37,38)(H,31,32,35)/t22-,24-/m1/s1. The summed E-state index contributed by atoms with van der Waals surface area (Å²) in [7, 11) is 0. The molecule has 0 unspecified atom stereocenters. The first-order chi connectivity index (χ1) is 18.8. The SMILES string of the molecule is Cc1cccc([C@H]2O[C@H](CC(=O)Nc3nc(C)c(C(=O)O)s3)C(=O)N(CC(C)(C)CO)c3ccc(Cl)cc32)c1C. The molecule has 0 aliphatic carbocycles. The molecular formula is C29H32ClN3O6S. The van der Waals surface area contributed by atoms with E-state index in [9.17, 15) is 24.6 Å². The number of carboxylic acid groups (broad SMARTS) is 1. The number of aliphatic hydroxyl groups excluding tert-OH is 1. The largest absolute Gasteiger partial charge is 0.477 e. The molecule has 40 heavy (non-hydrogen) atoms. The van der Waals surface area contributed by atoms with Crippen LogP contribution in [0.2, 0.25) is 5.02 Å². The highest BCUT2D eigenvalue weighted by Gasteiger charge is 2.40. The van der Waals surface area contributed by atoms with Gasteiger partial charge in [0, 0.05) is 34.8 Å². The van der Waals surface area contributed by atoms with Gasteiger partial charge < -0.3 is 25.2 Å². The van der Waals surface area contributed by atoms with Crippen molar-refractivity contribution in [1.29, 1.82) is 0 Å². The number of carboxylic acids is 1. The summed E-state index contributed by atoms with van der Waals surface area (Å²) >= 11 is 7.28. The molecule has 4 rings (SSSR count). The van der Waals surface area contributed by atoms with E-state index in [1.165, 1.54) is 0 Å². The van der Waals surface area contributed by atoms with Crippen molar-refractivity contribution in [2.24, 2.45) is 5.41 Å². The zero-order valence-corrected chi connectivity index (χ0v) is 24.5. The number of aryl methyl sites for hydroxylation is 2. The molecule has 3 N–H and O–H groups in total. The number of carbonyl (C=O) groups is 3. The number of halogens is 1. The van der Waals surface area contributed by atoms with E-state index in [4.69, 9.17) is 16.3 Å². The molecule has 2 aromatic carbocycles. The molecule has 11 heteroatoms. The number of aromatic nitrogens is 1. The highest BCUT2D eigenvalue weighted by molar-refractivity contribution is 7.17. The minimum atomic E-state index is -1.19. The number of hydrogen-bond acceptors (Lipinski definition) is 7. The summed E-state index contributed by atoms with van der Waals surface area (Å²) in [4.78, 5) is 44.4. The number of amides is 2. The quantitative estimate of drug-likeness (QED) is 0.327. The van der Waals surface area contributed by atoms with Crippen molar-refractivity contribution in [2.75, 3.05) is 23.4 Å². The zero-order valence-electron chi connectivity index (χ0n) is 22.9. The summed E-state index contributed by atoms with van der Waals surface area (Å²) in [5.41, 5.74) is 3.77. The minimum absolute atomic E-state index is 0.0248. The Kier molecular flexibility index (Phi) is 8.65. The third-order valence-electron chi connectivity index (χ3n) is 6.96. The van der Waals surface area contributed by atoms with Crippen LogP contribution in [-0.2, 0) is 14.3 Å². The Bertz CT molecular complexity index is 1470. The average molecular weight is 586 g/mol. The van der Waals surface area contributed by atoms with Crippen LogP contribution in [0.3, 0.4) is 0 Å².